The molecule has 1 amide bonds. The lowest BCUT2D eigenvalue weighted by Crippen LogP contribution is -2.53. The Morgan fingerprint density at radius 3 is 2.35 bits per heavy atom. The first-order valence-corrected chi connectivity index (χ1v) is 16.9. The quantitative estimate of drug-likeness (QED) is 0.124. The van der Waals surface area contributed by atoms with Crippen molar-refractivity contribution in [3.63, 3.8) is 0 Å². The summed E-state index contributed by atoms with van der Waals surface area (Å²) in [5.41, 5.74) is 0.561. The number of rotatable bonds is 17. The summed E-state index contributed by atoms with van der Waals surface area (Å²) >= 11 is 0. The van der Waals surface area contributed by atoms with Crippen LogP contribution in [-0.4, -0.2) is 52.3 Å². The van der Waals surface area contributed by atoms with Gasteiger partial charge in [-0.15, -0.1) is 0 Å². The topological polar surface area (TPSA) is 118 Å². The molecule has 0 aromatic carbocycles. The highest BCUT2D eigenvalue weighted by molar-refractivity contribution is 6.01. The van der Waals surface area contributed by atoms with Gasteiger partial charge in [0.25, 0.3) is 0 Å². The Morgan fingerprint density at radius 2 is 1.67 bits per heavy atom. The van der Waals surface area contributed by atoms with Gasteiger partial charge < -0.3 is 24.9 Å². The summed E-state index contributed by atoms with van der Waals surface area (Å²) in [6, 6.07) is 1.61. The summed E-state index contributed by atoms with van der Waals surface area (Å²) in [5.74, 6) is -2.53. The van der Waals surface area contributed by atoms with Crippen LogP contribution in [0.4, 0.5) is 0 Å². The molecular weight excluding hydrogens is 544 g/mol. The molecule has 3 rings (SSSR count). The van der Waals surface area contributed by atoms with Gasteiger partial charge in [0.05, 0.1) is 13.0 Å². The van der Waals surface area contributed by atoms with E-state index in [9.17, 15) is 19.5 Å². The van der Waals surface area contributed by atoms with Gasteiger partial charge in [0.1, 0.15) is 6.10 Å². The van der Waals surface area contributed by atoms with Crippen LogP contribution in [0.1, 0.15) is 153 Å². The first kappa shape index (κ1) is 35.3. The summed E-state index contributed by atoms with van der Waals surface area (Å²) in [5, 5.41) is 13.3. The molecule has 1 aromatic heterocycles. The van der Waals surface area contributed by atoms with E-state index in [1.165, 1.54) is 38.5 Å². The standard InChI is InChI=1S/C35H58N2O6/c1-7-8-9-10-11-12-13-14-17-24(2)33(41)37-28-19-16-15-18-25(28)27(22-29(38)39)30-26(20-21-36-30)31(40)32-34(3,4)23-42-35(5,6)43-32/h20-21,24-25,27-28,32,36H,7-19,22-23H2,1-6H3,(H,37,41)(H,38,39). The molecule has 0 radical (unpaired) electrons. The molecule has 2 fully saturated rings. The maximum Gasteiger partial charge on any atom is 0.304 e. The molecule has 3 N–H and O–H groups in total. The first-order chi connectivity index (χ1) is 20.4. The minimum absolute atomic E-state index is 0.0521. The number of hydrogen-bond donors (Lipinski definition) is 3. The molecule has 2 heterocycles. The molecule has 5 atom stereocenters. The molecule has 2 aliphatic rings. The van der Waals surface area contributed by atoms with Crippen molar-refractivity contribution in [1.29, 1.82) is 0 Å². The van der Waals surface area contributed by atoms with Crippen molar-refractivity contribution in [2.75, 3.05) is 6.61 Å². The number of hydrogen-bond acceptors (Lipinski definition) is 5. The van der Waals surface area contributed by atoms with Crippen LogP contribution in [0.25, 0.3) is 0 Å². The van der Waals surface area contributed by atoms with E-state index >= 15 is 0 Å². The molecule has 1 aromatic rings. The van der Waals surface area contributed by atoms with Gasteiger partial charge in [0.2, 0.25) is 5.91 Å². The number of unbranched alkanes of at least 4 members (excludes halogenated alkanes) is 7. The normalized spacial score (nSPS) is 24.7. The van der Waals surface area contributed by atoms with Gasteiger partial charge in [0.15, 0.2) is 11.6 Å². The predicted molar refractivity (Wildman–Crippen MR) is 169 cm³/mol. The largest absolute Gasteiger partial charge is 0.481 e. The van der Waals surface area contributed by atoms with Crippen molar-refractivity contribution in [3.8, 4) is 0 Å². The van der Waals surface area contributed by atoms with E-state index in [-0.39, 0.29) is 36.0 Å². The molecule has 1 aliphatic heterocycles. The predicted octanol–water partition coefficient (Wildman–Crippen LogP) is 7.78. The lowest BCUT2D eigenvalue weighted by molar-refractivity contribution is -0.298. The van der Waals surface area contributed by atoms with E-state index in [4.69, 9.17) is 9.47 Å². The van der Waals surface area contributed by atoms with E-state index in [0.29, 0.717) is 17.9 Å². The number of carbonyl (C=O) groups is 3. The minimum Gasteiger partial charge on any atom is -0.481 e. The molecule has 1 saturated heterocycles. The highest BCUT2D eigenvalue weighted by Gasteiger charge is 2.47. The zero-order chi connectivity index (χ0) is 31.6. The second-order valence-electron chi connectivity index (χ2n) is 14.3. The summed E-state index contributed by atoms with van der Waals surface area (Å²) in [7, 11) is 0. The van der Waals surface area contributed by atoms with Gasteiger partial charge in [-0.3, -0.25) is 14.4 Å². The molecule has 0 spiro atoms. The number of ketones is 1. The Hall–Kier alpha value is -2.19. The Balaban J connectivity index is 1.70. The Bertz CT molecular complexity index is 1050. The van der Waals surface area contributed by atoms with E-state index in [0.717, 1.165) is 44.9 Å². The fourth-order valence-corrected chi connectivity index (χ4v) is 6.88. The highest BCUT2D eigenvalue weighted by atomic mass is 16.7. The number of Topliss-reactive ketones (excluding diaryl/α,β-unsaturated/α-hetero) is 1. The average Bonchev–Trinajstić information content (AvgIpc) is 3.44. The van der Waals surface area contributed by atoms with Crippen LogP contribution < -0.4 is 5.32 Å². The maximum absolute atomic E-state index is 14.0. The fraction of sp³-hybridized carbons (Fsp3) is 0.800. The lowest BCUT2D eigenvalue weighted by atomic mass is 9.72. The van der Waals surface area contributed by atoms with Gasteiger partial charge in [-0.25, -0.2) is 0 Å². The SMILES string of the molecule is CCCCCCCCCCC(C)C(=O)NC1CCCCC1C(CC(=O)O)c1[nH]ccc1C(=O)C1OC(C)(C)OCC1(C)C. The third-order valence-corrected chi connectivity index (χ3v) is 9.55. The van der Waals surface area contributed by atoms with Crippen LogP contribution in [0.3, 0.4) is 0 Å². The van der Waals surface area contributed by atoms with Gasteiger partial charge in [-0.1, -0.05) is 91.9 Å². The molecule has 43 heavy (non-hydrogen) atoms. The van der Waals surface area contributed by atoms with Crippen molar-refractivity contribution in [3.05, 3.63) is 23.5 Å². The monoisotopic (exact) mass is 602 g/mol. The molecule has 0 bridgehead atoms. The van der Waals surface area contributed by atoms with Crippen LogP contribution in [-0.2, 0) is 19.1 Å². The van der Waals surface area contributed by atoms with E-state index in [1.54, 1.807) is 26.1 Å². The van der Waals surface area contributed by atoms with E-state index in [1.807, 2.05) is 20.8 Å². The van der Waals surface area contributed by atoms with E-state index < -0.39 is 29.2 Å². The number of ether oxygens (including phenoxy) is 2. The lowest BCUT2D eigenvalue weighted by Gasteiger charge is -2.45. The minimum atomic E-state index is -0.916. The molecule has 244 valence electrons. The van der Waals surface area contributed by atoms with Crippen LogP contribution in [0, 0.1) is 17.3 Å². The second-order valence-corrected chi connectivity index (χ2v) is 14.3. The van der Waals surface area contributed by atoms with E-state index in [2.05, 4.69) is 17.2 Å². The molecule has 1 saturated carbocycles. The Labute approximate surface area is 259 Å². The fourth-order valence-electron chi connectivity index (χ4n) is 6.88. The summed E-state index contributed by atoms with van der Waals surface area (Å²) in [4.78, 5) is 42.7. The molecule has 1 aliphatic carbocycles. The number of nitrogens with one attached hydrogen (secondary N) is 2. The zero-order valence-electron chi connectivity index (χ0n) is 27.6. The van der Waals surface area contributed by atoms with Crippen molar-refractivity contribution < 1.29 is 29.0 Å². The van der Waals surface area contributed by atoms with Crippen molar-refractivity contribution in [2.45, 2.75) is 155 Å². The third-order valence-electron chi connectivity index (χ3n) is 9.55. The van der Waals surface area contributed by atoms with Gasteiger partial charge in [-0.2, -0.15) is 0 Å². The van der Waals surface area contributed by atoms with Crippen molar-refractivity contribution >= 4 is 17.7 Å². The van der Waals surface area contributed by atoms with Crippen LogP contribution in [0.2, 0.25) is 0 Å². The number of carboxylic acids is 1. The molecule has 5 unspecified atom stereocenters. The third kappa shape index (κ3) is 10.2. The zero-order valence-corrected chi connectivity index (χ0v) is 27.6. The number of aromatic amines is 1. The summed E-state index contributed by atoms with van der Waals surface area (Å²) < 4.78 is 12.0. The molecular formula is C35H58N2O6. The van der Waals surface area contributed by atoms with Gasteiger partial charge in [0, 0.05) is 40.7 Å². The van der Waals surface area contributed by atoms with Crippen LogP contribution in [0.5, 0.6) is 0 Å². The second kappa shape index (κ2) is 16.2. The molecule has 8 heteroatoms. The van der Waals surface area contributed by atoms with Gasteiger partial charge >= 0.3 is 5.97 Å². The van der Waals surface area contributed by atoms with Crippen molar-refractivity contribution in [2.24, 2.45) is 17.3 Å². The maximum atomic E-state index is 14.0. The van der Waals surface area contributed by atoms with Crippen molar-refractivity contribution in [1.82, 2.24) is 10.3 Å². The van der Waals surface area contributed by atoms with Gasteiger partial charge in [-0.05, 0) is 45.1 Å². The number of aromatic nitrogens is 1. The average molecular weight is 603 g/mol. The number of carboxylic acid groups (broad SMARTS) is 1. The Morgan fingerprint density at radius 1 is 1.02 bits per heavy atom. The highest BCUT2D eigenvalue weighted by Crippen LogP contribution is 2.42. The smallest absolute Gasteiger partial charge is 0.304 e. The molecule has 8 nitrogen and oxygen atoms in total. The summed E-state index contributed by atoms with van der Waals surface area (Å²) in [6.45, 7) is 12.1. The first-order valence-electron chi connectivity index (χ1n) is 16.9. The number of H-pyrrole nitrogens is 1. The number of amides is 1. The number of aliphatic carboxylic acids is 1. The Kier molecular flexibility index (Phi) is 13.3. The van der Waals surface area contributed by atoms with Crippen LogP contribution in [0.15, 0.2) is 12.3 Å². The number of carbonyl (C=O) groups excluding carboxylic acids is 2. The van der Waals surface area contributed by atoms with Crippen LogP contribution >= 0.6 is 0 Å². The summed E-state index contributed by atoms with van der Waals surface area (Å²) in [6.07, 6.45) is 15.2.